The number of nitrogens with zero attached hydrogens (tertiary/aromatic N) is 1. The van der Waals surface area contributed by atoms with E-state index in [1.165, 1.54) is 0 Å². The van der Waals surface area contributed by atoms with Crippen molar-refractivity contribution in [2.24, 2.45) is 11.8 Å². The molecule has 0 saturated carbocycles. The fourth-order valence-corrected chi connectivity index (χ4v) is 3.02. The van der Waals surface area contributed by atoms with Gasteiger partial charge in [-0.25, -0.2) is 4.79 Å². The van der Waals surface area contributed by atoms with Crippen LogP contribution in [0.3, 0.4) is 0 Å². The van der Waals surface area contributed by atoms with Gasteiger partial charge in [0.05, 0.1) is 12.5 Å². The van der Waals surface area contributed by atoms with Gasteiger partial charge in [-0.15, -0.1) is 0 Å². The molecule has 0 unspecified atom stereocenters. The van der Waals surface area contributed by atoms with Crippen LogP contribution in [0.4, 0.5) is 4.79 Å². The molecule has 0 spiro atoms. The molecule has 0 bridgehead atoms. The molecule has 20 heavy (non-hydrogen) atoms. The molecule has 2 heterocycles. The first kappa shape index (κ1) is 14.9. The molecule has 5 nitrogen and oxygen atoms in total. The summed E-state index contributed by atoms with van der Waals surface area (Å²) in [6, 6.07) is -0.0308. The zero-order valence-electron chi connectivity index (χ0n) is 12.6. The molecule has 3 atom stereocenters. The van der Waals surface area contributed by atoms with Crippen LogP contribution in [0.5, 0.6) is 0 Å². The van der Waals surface area contributed by atoms with Crippen molar-refractivity contribution in [3.05, 3.63) is 12.2 Å². The van der Waals surface area contributed by atoms with Crippen LogP contribution in [-0.2, 0) is 14.3 Å². The number of ether oxygens (including phenoxy) is 2. The topological polar surface area (TPSA) is 55.8 Å². The van der Waals surface area contributed by atoms with Crippen LogP contribution < -0.4 is 0 Å². The summed E-state index contributed by atoms with van der Waals surface area (Å²) in [4.78, 5) is 25.4. The average molecular weight is 281 g/mol. The number of amides is 1. The van der Waals surface area contributed by atoms with Crippen molar-refractivity contribution in [1.29, 1.82) is 0 Å². The first-order valence-corrected chi connectivity index (χ1v) is 6.99. The first-order valence-electron chi connectivity index (χ1n) is 6.99. The molecule has 0 radical (unpaired) electrons. The highest BCUT2D eigenvalue weighted by molar-refractivity contribution is 5.73. The fourth-order valence-electron chi connectivity index (χ4n) is 3.02. The molecule has 2 aliphatic heterocycles. The molecule has 2 rings (SSSR count). The summed E-state index contributed by atoms with van der Waals surface area (Å²) in [6.45, 7) is 12.4. The van der Waals surface area contributed by atoms with E-state index in [4.69, 9.17) is 9.47 Å². The lowest BCUT2D eigenvalue weighted by Gasteiger charge is -2.24. The third kappa shape index (κ3) is 2.97. The van der Waals surface area contributed by atoms with Crippen LogP contribution in [0.25, 0.3) is 0 Å². The Labute approximate surface area is 119 Å². The molecule has 2 fully saturated rings. The summed E-state index contributed by atoms with van der Waals surface area (Å²) in [6.07, 6.45) is 0.0139. The van der Waals surface area contributed by atoms with Gasteiger partial charge in [0.1, 0.15) is 12.2 Å². The van der Waals surface area contributed by atoms with Crippen LogP contribution in [-0.4, -0.2) is 41.8 Å². The quantitative estimate of drug-likeness (QED) is 0.588. The van der Waals surface area contributed by atoms with Crippen molar-refractivity contribution in [2.45, 2.75) is 45.8 Å². The van der Waals surface area contributed by atoms with E-state index in [2.05, 4.69) is 6.58 Å². The molecular formula is C15H23NO4. The molecule has 5 heteroatoms. The third-order valence-corrected chi connectivity index (χ3v) is 3.87. The summed E-state index contributed by atoms with van der Waals surface area (Å²) in [5.41, 5.74) is 0.511. The van der Waals surface area contributed by atoms with Crippen LogP contribution >= 0.6 is 0 Å². The molecule has 1 amide bonds. The van der Waals surface area contributed by atoms with Gasteiger partial charge in [-0.2, -0.15) is 0 Å². The molecule has 0 aromatic carbocycles. The number of fused-ring (bicyclic) bond motifs is 1. The number of hydrogen-bond acceptors (Lipinski definition) is 4. The minimum Gasteiger partial charge on any atom is -0.460 e. The van der Waals surface area contributed by atoms with Gasteiger partial charge in [0.25, 0.3) is 0 Å². The van der Waals surface area contributed by atoms with Crippen LogP contribution in [0.15, 0.2) is 12.2 Å². The first-order chi connectivity index (χ1) is 9.19. The summed E-state index contributed by atoms with van der Waals surface area (Å²) in [5, 5.41) is 0. The van der Waals surface area contributed by atoms with Gasteiger partial charge in [-0.3, -0.25) is 4.79 Å². The highest BCUT2D eigenvalue weighted by Gasteiger charge is 2.49. The molecular weight excluding hydrogens is 258 g/mol. The van der Waals surface area contributed by atoms with Gasteiger partial charge in [0.2, 0.25) is 0 Å². The lowest BCUT2D eigenvalue weighted by molar-refractivity contribution is -0.156. The maximum absolute atomic E-state index is 12.1. The number of hydrogen-bond donors (Lipinski definition) is 0. The van der Waals surface area contributed by atoms with Gasteiger partial charge < -0.3 is 14.4 Å². The smallest absolute Gasteiger partial charge is 0.410 e. The molecule has 2 aliphatic rings. The number of cyclic esters (lactones) is 1. The predicted octanol–water partition coefficient (Wildman–Crippen LogP) is 2.36. The molecule has 2 saturated heterocycles. The molecule has 0 N–H and O–H groups in total. The standard InChI is InChI=1S/C15H23NO4/c1-9(2)11-7-16-12(8-19-14(16)18)10(11)6-13(17)20-15(3,4)5/h10-12H,1,6-8H2,2-5H3/t10-,11+,12+/m0/s1. The van der Waals surface area contributed by atoms with Crippen LogP contribution in [0.2, 0.25) is 0 Å². The lowest BCUT2D eigenvalue weighted by Crippen LogP contribution is -2.33. The van der Waals surface area contributed by atoms with E-state index in [0.29, 0.717) is 19.6 Å². The number of carbonyl (C=O) groups is 2. The highest BCUT2D eigenvalue weighted by Crippen LogP contribution is 2.39. The summed E-state index contributed by atoms with van der Waals surface area (Å²) < 4.78 is 10.5. The Balaban J connectivity index is 2.09. The Morgan fingerprint density at radius 1 is 1.50 bits per heavy atom. The van der Waals surface area contributed by atoms with E-state index >= 15 is 0 Å². The summed E-state index contributed by atoms with van der Waals surface area (Å²) in [7, 11) is 0. The maximum atomic E-state index is 12.1. The van der Waals surface area contributed by atoms with E-state index in [1.807, 2.05) is 27.7 Å². The normalized spacial score (nSPS) is 29.1. The van der Waals surface area contributed by atoms with Crippen molar-refractivity contribution in [1.82, 2.24) is 4.90 Å². The van der Waals surface area contributed by atoms with Gasteiger partial charge >= 0.3 is 12.1 Å². The van der Waals surface area contributed by atoms with Crippen molar-refractivity contribution < 1.29 is 19.1 Å². The van der Waals surface area contributed by atoms with E-state index < -0.39 is 5.60 Å². The lowest BCUT2D eigenvalue weighted by atomic mass is 9.84. The van der Waals surface area contributed by atoms with Gasteiger partial charge in [0, 0.05) is 18.4 Å². The number of rotatable bonds is 3. The minimum atomic E-state index is -0.490. The Bertz CT molecular complexity index is 438. The van der Waals surface area contributed by atoms with E-state index in [0.717, 1.165) is 5.57 Å². The second-order valence-electron chi connectivity index (χ2n) is 6.70. The zero-order chi connectivity index (χ0) is 15.1. The van der Waals surface area contributed by atoms with Crippen molar-refractivity contribution >= 4 is 12.1 Å². The zero-order valence-corrected chi connectivity index (χ0v) is 12.6. The van der Waals surface area contributed by atoms with E-state index in [9.17, 15) is 9.59 Å². The largest absolute Gasteiger partial charge is 0.460 e. The van der Waals surface area contributed by atoms with E-state index in [1.54, 1.807) is 4.90 Å². The monoisotopic (exact) mass is 281 g/mol. The summed E-state index contributed by atoms with van der Waals surface area (Å²) in [5.74, 6) is -0.0517. The number of carbonyl (C=O) groups excluding carboxylic acids is 2. The van der Waals surface area contributed by atoms with Gasteiger partial charge in [0.15, 0.2) is 0 Å². The van der Waals surface area contributed by atoms with Gasteiger partial charge in [-0.05, 0) is 27.7 Å². The Morgan fingerprint density at radius 2 is 2.15 bits per heavy atom. The maximum Gasteiger partial charge on any atom is 0.410 e. The summed E-state index contributed by atoms with van der Waals surface area (Å²) >= 11 is 0. The fraction of sp³-hybridized carbons (Fsp3) is 0.733. The molecule has 112 valence electrons. The second-order valence-corrected chi connectivity index (χ2v) is 6.70. The van der Waals surface area contributed by atoms with Gasteiger partial charge in [-0.1, -0.05) is 12.2 Å². The Hall–Kier alpha value is -1.52. The molecule has 0 aliphatic carbocycles. The Morgan fingerprint density at radius 3 is 2.70 bits per heavy atom. The SMILES string of the molecule is C=C(C)[C@H]1CN2C(=O)OC[C@@H]2[C@H]1CC(=O)OC(C)(C)C. The van der Waals surface area contributed by atoms with Crippen molar-refractivity contribution in [3.8, 4) is 0 Å². The highest BCUT2D eigenvalue weighted by atomic mass is 16.6. The van der Waals surface area contributed by atoms with Crippen molar-refractivity contribution in [2.75, 3.05) is 13.2 Å². The minimum absolute atomic E-state index is 0.0308. The van der Waals surface area contributed by atoms with Crippen molar-refractivity contribution in [3.63, 3.8) is 0 Å². The van der Waals surface area contributed by atoms with E-state index in [-0.39, 0.29) is 29.9 Å². The molecule has 0 aromatic heterocycles. The molecule has 0 aromatic rings. The third-order valence-electron chi connectivity index (χ3n) is 3.87. The number of esters is 1. The predicted molar refractivity (Wildman–Crippen MR) is 74.1 cm³/mol. The van der Waals surface area contributed by atoms with Crippen LogP contribution in [0, 0.1) is 11.8 Å². The Kier molecular flexibility index (Phi) is 3.80. The average Bonchev–Trinajstić information content (AvgIpc) is 2.78. The second kappa shape index (κ2) is 5.11. The van der Waals surface area contributed by atoms with Crippen LogP contribution in [0.1, 0.15) is 34.1 Å².